The summed E-state index contributed by atoms with van der Waals surface area (Å²) in [5, 5.41) is 0.365. The number of para-hydroxylation sites is 1. The molecule has 0 aliphatic carbocycles. The normalized spacial score (nSPS) is 11.8. The molecule has 0 fully saturated rings. The molecule has 0 N–H and O–H groups in total. The highest BCUT2D eigenvalue weighted by Gasteiger charge is 2.14. The molecule has 0 bridgehead atoms. The van der Waals surface area contributed by atoms with Gasteiger partial charge in [0.05, 0.1) is 24.0 Å². The van der Waals surface area contributed by atoms with Gasteiger partial charge < -0.3 is 9.47 Å². The van der Waals surface area contributed by atoms with Crippen LogP contribution in [0.25, 0.3) is 0 Å². The fourth-order valence-electron chi connectivity index (χ4n) is 2.11. The molecule has 0 spiro atoms. The van der Waals surface area contributed by atoms with Crippen LogP contribution in [0.2, 0.25) is 5.02 Å². The van der Waals surface area contributed by atoms with Gasteiger partial charge in [-0.2, -0.15) is 0 Å². The highest BCUT2D eigenvalue weighted by atomic mass is 35.5. The third kappa shape index (κ3) is 8.60. The SMILES string of the molecule is CCCCCCC(C)OC(=O)CCC(=O)Oc1ccccc1Cl. The lowest BCUT2D eigenvalue weighted by atomic mass is 10.1. The van der Waals surface area contributed by atoms with E-state index in [1.807, 2.05) is 6.92 Å². The van der Waals surface area contributed by atoms with Crippen LogP contribution >= 0.6 is 11.6 Å². The molecular weight excluding hydrogens is 316 g/mol. The van der Waals surface area contributed by atoms with Gasteiger partial charge in [0.15, 0.2) is 0 Å². The van der Waals surface area contributed by atoms with Gasteiger partial charge >= 0.3 is 11.9 Å². The van der Waals surface area contributed by atoms with E-state index >= 15 is 0 Å². The molecule has 0 amide bonds. The highest BCUT2D eigenvalue weighted by molar-refractivity contribution is 6.32. The fraction of sp³-hybridized carbons (Fsp3) is 0.556. The van der Waals surface area contributed by atoms with Crippen LogP contribution in [0.3, 0.4) is 0 Å². The molecule has 5 heteroatoms. The van der Waals surface area contributed by atoms with Crippen molar-refractivity contribution in [2.24, 2.45) is 0 Å². The van der Waals surface area contributed by atoms with Crippen LogP contribution in [-0.4, -0.2) is 18.0 Å². The van der Waals surface area contributed by atoms with Gasteiger partial charge in [0.1, 0.15) is 5.75 Å². The van der Waals surface area contributed by atoms with E-state index in [-0.39, 0.29) is 24.9 Å². The monoisotopic (exact) mass is 340 g/mol. The van der Waals surface area contributed by atoms with Gasteiger partial charge in [-0.05, 0) is 31.9 Å². The first-order chi connectivity index (χ1) is 11.0. The number of benzene rings is 1. The molecule has 0 aliphatic rings. The van der Waals surface area contributed by atoms with Crippen molar-refractivity contribution < 1.29 is 19.1 Å². The van der Waals surface area contributed by atoms with Gasteiger partial charge in [-0.1, -0.05) is 49.9 Å². The second-order valence-corrected chi connectivity index (χ2v) is 5.96. The molecular formula is C18H25ClO4. The number of ether oxygens (including phenoxy) is 2. The predicted octanol–water partition coefficient (Wildman–Crippen LogP) is 4.93. The Morgan fingerprint density at radius 2 is 1.78 bits per heavy atom. The van der Waals surface area contributed by atoms with Crippen molar-refractivity contribution in [3.63, 3.8) is 0 Å². The molecule has 0 radical (unpaired) electrons. The van der Waals surface area contributed by atoms with Crippen LogP contribution in [0.15, 0.2) is 24.3 Å². The summed E-state index contributed by atoms with van der Waals surface area (Å²) in [6, 6.07) is 6.72. The molecule has 1 aromatic carbocycles. The molecule has 0 aliphatic heterocycles. The molecule has 4 nitrogen and oxygen atoms in total. The second kappa shape index (κ2) is 11.1. The summed E-state index contributed by atoms with van der Waals surface area (Å²) in [7, 11) is 0. The summed E-state index contributed by atoms with van der Waals surface area (Å²) >= 11 is 5.90. The number of hydrogen-bond acceptors (Lipinski definition) is 4. The van der Waals surface area contributed by atoms with E-state index in [0.717, 1.165) is 19.3 Å². The molecule has 1 rings (SSSR count). The lowest BCUT2D eigenvalue weighted by molar-refractivity contribution is -0.151. The van der Waals surface area contributed by atoms with Gasteiger partial charge in [0, 0.05) is 0 Å². The predicted molar refractivity (Wildman–Crippen MR) is 90.6 cm³/mol. The van der Waals surface area contributed by atoms with Crippen molar-refractivity contribution in [1.82, 2.24) is 0 Å². The van der Waals surface area contributed by atoms with Gasteiger partial charge in [-0.25, -0.2) is 0 Å². The second-order valence-electron chi connectivity index (χ2n) is 5.55. The first-order valence-electron chi connectivity index (χ1n) is 8.17. The topological polar surface area (TPSA) is 52.6 Å². The van der Waals surface area contributed by atoms with E-state index in [0.29, 0.717) is 10.8 Å². The molecule has 128 valence electrons. The summed E-state index contributed by atoms with van der Waals surface area (Å²) in [5.74, 6) is -0.563. The van der Waals surface area contributed by atoms with Crippen molar-refractivity contribution in [2.45, 2.75) is 64.9 Å². The van der Waals surface area contributed by atoms with E-state index < -0.39 is 5.97 Å². The smallest absolute Gasteiger partial charge is 0.311 e. The minimum atomic E-state index is -0.495. The third-order valence-corrected chi connectivity index (χ3v) is 3.70. The summed E-state index contributed by atoms with van der Waals surface area (Å²) in [4.78, 5) is 23.4. The Kier molecular flexibility index (Phi) is 9.37. The first-order valence-corrected chi connectivity index (χ1v) is 8.55. The number of unbranched alkanes of at least 4 members (excludes halogenated alkanes) is 3. The van der Waals surface area contributed by atoms with Crippen molar-refractivity contribution in [1.29, 1.82) is 0 Å². The van der Waals surface area contributed by atoms with Gasteiger partial charge in [0.2, 0.25) is 0 Å². The van der Waals surface area contributed by atoms with Crippen LogP contribution in [0, 0.1) is 0 Å². The average Bonchev–Trinajstić information content (AvgIpc) is 2.52. The summed E-state index contributed by atoms with van der Waals surface area (Å²) in [6.45, 7) is 4.04. The Morgan fingerprint density at radius 1 is 1.09 bits per heavy atom. The van der Waals surface area contributed by atoms with E-state index in [1.165, 1.54) is 12.8 Å². The summed E-state index contributed by atoms with van der Waals surface area (Å²) in [6.07, 6.45) is 5.33. The molecule has 1 atom stereocenters. The van der Waals surface area contributed by atoms with Crippen molar-refractivity contribution in [2.75, 3.05) is 0 Å². The van der Waals surface area contributed by atoms with E-state index in [9.17, 15) is 9.59 Å². The van der Waals surface area contributed by atoms with Crippen molar-refractivity contribution in [3.8, 4) is 5.75 Å². The summed E-state index contributed by atoms with van der Waals surface area (Å²) < 4.78 is 10.4. The number of halogens is 1. The zero-order chi connectivity index (χ0) is 17.1. The highest BCUT2D eigenvalue weighted by Crippen LogP contribution is 2.23. The van der Waals surface area contributed by atoms with Crippen molar-refractivity contribution >= 4 is 23.5 Å². The standard InChI is InChI=1S/C18H25ClO4/c1-3-4-5-6-9-14(2)22-17(20)12-13-18(21)23-16-11-8-7-10-15(16)19/h7-8,10-11,14H,3-6,9,12-13H2,1-2H3. The molecule has 0 saturated carbocycles. The van der Waals surface area contributed by atoms with E-state index in [4.69, 9.17) is 21.1 Å². The molecule has 0 heterocycles. The Labute approximate surface area is 143 Å². The van der Waals surface area contributed by atoms with Crippen molar-refractivity contribution in [3.05, 3.63) is 29.3 Å². The Balaban J connectivity index is 2.22. The quantitative estimate of drug-likeness (QED) is 0.344. The number of rotatable bonds is 10. The Bertz CT molecular complexity index is 502. The number of esters is 2. The van der Waals surface area contributed by atoms with E-state index in [1.54, 1.807) is 24.3 Å². The van der Waals surface area contributed by atoms with Gasteiger partial charge in [0.25, 0.3) is 0 Å². The van der Waals surface area contributed by atoms with Gasteiger partial charge in [-0.3, -0.25) is 9.59 Å². The number of carbonyl (C=O) groups excluding carboxylic acids is 2. The first kappa shape index (κ1) is 19.5. The summed E-state index contributed by atoms with van der Waals surface area (Å²) in [5.41, 5.74) is 0. The fourth-order valence-corrected chi connectivity index (χ4v) is 2.28. The van der Waals surface area contributed by atoms with Crippen LogP contribution in [0.5, 0.6) is 5.75 Å². The molecule has 0 saturated heterocycles. The van der Waals surface area contributed by atoms with E-state index in [2.05, 4.69) is 6.92 Å². The Morgan fingerprint density at radius 3 is 2.48 bits per heavy atom. The lowest BCUT2D eigenvalue weighted by Gasteiger charge is -2.13. The minimum Gasteiger partial charge on any atom is -0.463 e. The maximum atomic E-state index is 11.7. The van der Waals surface area contributed by atoms with Crippen LogP contribution in [-0.2, 0) is 14.3 Å². The minimum absolute atomic E-state index is 0.0165. The van der Waals surface area contributed by atoms with Crippen LogP contribution in [0.4, 0.5) is 0 Å². The maximum Gasteiger partial charge on any atom is 0.311 e. The molecule has 0 aromatic heterocycles. The zero-order valence-corrected chi connectivity index (χ0v) is 14.6. The number of hydrogen-bond donors (Lipinski definition) is 0. The maximum absolute atomic E-state index is 11.7. The van der Waals surface area contributed by atoms with Crippen LogP contribution in [0.1, 0.15) is 58.8 Å². The average molecular weight is 341 g/mol. The number of carbonyl (C=O) groups is 2. The Hall–Kier alpha value is -1.55. The van der Waals surface area contributed by atoms with Gasteiger partial charge in [-0.15, -0.1) is 0 Å². The molecule has 1 aromatic rings. The molecule has 23 heavy (non-hydrogen) atoms. The third-order valence-electron chi connectivity index (χ3n) is 3.39. The molecule has 1 unspecified atom stereocenters. The lowest BCUT2D eigenvalue weighted by Crippen LogP contribution is -2.17. The zero-order valence-electron chi connectivity index (χ0n) is 13.8. The van der Waals surface area contributed by atoms with Crippen LogP contribution < -0.4 is 4.74 Å². The largest absolute Gasteiger partial charge is 0.463 e.